The van der Waals surface area contributed by atoms with Gasteiger partial charge in [0.1, 0.15) is 12.4 Å². The third-order valence-corrected chi connectivity index (χ3v) is 4.31. The Morgan fingerprint density at radius 2 is 1.85 bits per heavy atom. The first-order valence-corrected chi connectivity index (χ1v) is 8.41. The van der Waals surface area contributed by atoms with Crippen LogP contribution in [0.4, 0.5) is 22.0 Å². The Labute approximate surface area is 148 Å². The monoisotopic (exact) mass is 379 g/mol. The summed E-state index contributed by atoms with van der Waals surface area (Å²) in [5.74, 6) is -2.48. The van der Waals surface area contributed by atoms with Crippen molar-refractivity contribution in [2.45, 2.75) is 37.9 Å². The molecule has 0 unspecified atom stereocenters. The van der Waals surface area contributed by atoms with E-state index in [0.29, 0.717) is 25.3 Å². The number of halogens is 5. The Morgan fingerprint density at radius 3 is 2.42 bits per heavy atom. The first kappa shape index (κ1) is 20.3. The first-order valence-electron chi connectivity index (χ1n) is 8.41. The van der Waals surface area contributed by atoms with Gasteiger partial charge in [-0.2, -0.15) is 13.2 Å². The molecule has 1 aliphatic carbocycles. The van der Waals surface area contributed by atoms with Crippen molar-refractivity contribution >= 4 is 5.96 Å². The van der Waals surface area contributed by atoms with E-state index in [9.17, 15) is 22.0 Å². The SMILES string of the molecule is CN=C(NCCOc1ccc(F)c(F)c1)NC1CCC(C(F)(F)F)CC1. The van der Waals surface area contributed by atoms with E-state index in [0.717, 1.165) is 12.1 Å². The molecular formula is C17H22F5N3O. The smallest absolute Gasteiger partial charge is 0.391 e. The molecule has 0 saturated heterocycles. The number of aliphatic imine (C=N–C) groups is 1. The Hall–Kier alpha value is -2.06. The minimum Gasteiger partial charge on any atom is -0.492 e. The zero-order valence-electron chi connectivity index (χ0n) is 14.4. The van der Waals surface area contributed by atoms with Gasteiger partial charge in [-0.3, -0.25) is 4.99 Å². The van der Waals surface area contributed by atoms with Crippen LogP contribution >= 0.6 is 0 Å². The topological polar surface area (TPSA) is 45.7 Å². The molecular weight excluding hydrogens is 357 g/mol. The minimum absolute atomic E-state index is 0.0630. The number of nitrogens with one attached hydrogen (secondary N) is 2. The lowest BCUT2D eigenvalue weighted by Crippen LogP contribution is -2.46. The van der Waals surface area contributed by atoms with E-state index in [1.54, 1.807) is 7.05 Å². The second-order valence-corrected chi connectivity index (χ2v) is 6.16. The fourth-order valence-corrected chi connectivity index (χ4v) is 2.86. The maximum atomic E-state index is 13.1. The van der Waals surface area contributed by atoms with Gasteiger partial charge in [-0.1, -0.05) is 0 Å². The van der Waals surface area contributed by atoms with Gasteiger partial charge in [-0.15, -0.1) is 0 Å². The van der Waals surface area contributed by atoms with Gasteiger partial charge < -0.3 is 15.4 Å². The van der Waals surface area contributed by atoms with E-state index < -0.39 is 23.7 Å². The highest BCUT2D eigenvalue weighted by molar-refractivity contribution is 5.79. The van der Waals surface area contributed by atoms with Crippen LogP contribution in [0.15, 0.2) is 23.2 Å². The number of nitrogens with zero attached hydrogens (tertiary/aromatic N) is 1. The number of alkyl halides is 3. The third kappa shape index (κ3) is 6.03. The van der Waals surface area contributed by atoms with Crippen molar-refractivity contribution in [3.05, 3.63) is 29.8 Å². The van der Waals surface area contributed by atoms with Crippen LogP contribution in [-0.2, 0) is 0 Å². The molecule has 1 aliphatic rings. The molecule has 0 amide bonds. The molecule has 0 aliphatic heterocycles. The third-order valence-electron chi connectivity index (χ3n) is 4.31. The highest BCUT2D eigenvalue weighted by Gasteiger charge is 2.41. The first-order chi connectivity index (χ1) is 12.3. The average molecular weight is 379 g/mol. The zero-order chi connectivity index (χ0) is 19.2. The lowest BCUT2D eigenvalue weighted by Gasteiger charge is -2.31. The summed E-state index contributed by atoms with van der Waals surface area (Å²) in [5.41, 5.74) is 0. The molecule has 0 radical (unpaired) electrons. The Morgan fingerprint density at radius 1 is 1.15 bits per heavy atom. The van der Waals surface area contributed by atoms with Gasteiger partial charge in [0.15, 0.2) is 17.6 Å². The van der Waals surface area contributed by atoms with Crippen LogP contribution in [0.25, 0.3) is 0 Å². The number of benzene rings is 1. The van der Waals surface area contributed by atoms with Crippen molar-refractivity contribution in [3.63, 3.8) is 0 Å². The van der Waals surface area contributed by atoms with Gasteiger partial charge >= 0.3 is 6.18 Å². The number of ether oxygens (including phenoxy) is 1. The van der Waals surface area contributed by atoms with Crippen molar-refractivity contribution in [3.8, 4) is 5.75 Å². The normalized spacial score (nSPS) is 21.4. The summed E-state index contributed by atoms with van der Waals surface area (Å²) >= 11 is 0. The number of hydrogen-bond acceptors (Lipinski definition) is 2. The quantitative estimate of drug-likeness (QED) is 0.355. The van der Waals surface area contributed by atoms with Gasteiger partial charge in [0, 0.05) is 19.2 Å². The summed E-state index contributed by atoms with van der Waals surface area (Å²) in [6.45, 7) is 0.531. The summed E-state index contributed by atoms with van der Waals surface area (Å²) in [5, 5.41) is 6.08. The van der Waals surface area contributed by atoms with Gasteiger partial charge in [-0.05, 0) is 37.8 Å². The Balaban J connectivity index is 1.69. The molecule has 0 heterocycles. The van der Waals surface area contributed by atoms with Crippen LogP contribution < -0.4 is 15.4 Å². The van der Waals surface area contributed by atoms with E-state index >= 15 is 0 Å². The molecule has 1 aromatic carbocycles. The van der Waals surface area contributed by atoms with Gasteiger partial charge in [0.2, 0.25) is 0 Å². The van der Waals surface area contributed by atoms with Crippen molar-refractivity contribution in [2.75, 3.05) is 20.2 Å². The molecule has 1 fully saturated rings. The van der Waals surface area contributed by atoms with Crippen LogP contribution in [0.5, 0.6) is 5.75 Å². The molecule has 0 atom stereocenters. The molecule has 4 nitrogen and oxygen atoms in total. The van der Waals surface area contributed by atoms with Gasteiger partial charge in [-0.25, -0.2) is 8.78 Å². The zero-order valence-corrected chi connectivity index (χ0v) is 14.4. The van der Waals surface area contributed by atoms with E-state index in [-0.39, 0.29) is 31.2 Å². The van der Waals surface area contributed by atoms with Crippen LogP contribution in [0, 0.1) is 17.6 Å². The Bertz CT molecular complexity index is 613. The van der Waals surface area contributed by atoms with Crippen molar-refractivity contribution in [1.82, 2.24) is 10.6 Å². The van der Waals surface area contributed by atoms with E-state index in [1.807, 2.05) is 0 Å². The summed E-state index contributed by atoms with van der Waals surface area (Å²) in [7, 11) is 1.56. The largest absolute Gasteiger partial charge is 0.492 e. The summed E-state index contributed by atoms with van der Waals surface area (Å²) in [6, 6.07) is 3.20. The number of rotatable bonds is 5. The summed E-state index contributed by atoms with van der Waals surface area (Å²) < 4.78 is 69.2. The molecule has 0 spiro atoms. The van der Waals surface area contributed by atoms with Crippen LogP contribution in [0.2, 0.25) is 0 Å². The summed E-state index contributed by atoms with van der Waals surface area (Å²) in [4.78, 5) is 4.03. The highest BCUT2D eigenvalue weighted by Crippen LogP contribution is 2.37. The summed E-state index contributed by atoms with van der Waals surface area (Å²) in [6.07, 6.45) is -3.05. The highest BCUT2D eigenvalue weighted by atomic mass is 19.4. The lowest BCUT2D eigenvalue weighted by atomic mass is 9.85. The van der Waals surface area contributed by atoms with Crippen LogP contribution in [-0.4, -0.2) is 38.4 Å². The molecule has 9 heteroatoms. The van der Waals surface area contributed by atoms with Gasteiger partial charge in [0.05, 0.1) is 12.5 Å². The maximum absolute atomic E-state index is 13.1. The maximum Gasteiger partial charge on any atom is 0.391 e. The molecule has 0 aromatic heterocycles. The molecule has 1 saturated carbocycles. The molecule has 0 bridgehead atoms. The standard InChI is InChI=1S/C17H22F5N3O/c1-23-16(25-12-4-2-11(3-5-12)17(20,21)22)24-8-9-26-13-6-7-14(18)15(19)10-13/h6-7,10-12H,2-5,8-9H2,1H3,(H2,23,24,25). The number of guanidine groups is 1. The average Bonchev–Trinajstić information content (AvgIpc) is 2.60. The second-order valence-electron chi connectivity index (χ2n) is 6.16. The molecule has 2 N–H and O–H groups in total. The number of hydrogen-bond donors (Lipinski definition) is 2. The molecule has 1 aromatic rings. The fourth-order valence-electron chi connectivity index (χ4n) is 2.86. The second kappa shape index (κ2) is 9.05. The van der Waals surface area contributed by atoms with E-state index in [2.05, 4.69) is 15.6 Å². The predicted molar refractivity (Wildman–Crippen MR) is 88.2 cm³/mol. The lowest BCUT2D eigenvalue weighted by molar-refractivity contribution is -0.182. The van der Waals surface area contributed by atoms with Crippen molar-refractivity contribution in [1.29, 1.82) is 0 Å². The molecule has 26 heavy (non-hydrogen) atoms. The van der Waals surface area contributed by atoms with Crippen molar-refractivity contribution in [2.24, 2.45) is 10.9 Å². The van der Waals surface area contributed by atoms with Crippen LogP contribution in [0.1, 0.15) is 25.7 Å². The molecule has 146 valence electrons. The predicted octanol–water partition coefficient (Wildman–Crippen LogP) is 3.63. The van der Waals surface area contributed by atoms with Crippen molar-refractivity contribution < 1.29 is 26.7 Å². The van der Waals surface area contributed by atoms with Gasteiger partial charge in [0.25, 0.3) is 0 Å². The fraction of sp³-hybridized carbons (Fsp3) is 0.588. The molecule has 2 rings (SSSR count). The minimum atomic E-state index is -4.12. The van der Waals surface area contributed by atoms with E-state index in [1.165, 1.54) is 6.07 Å². The van der Waals surface area contributed by atoms with E-state index in [4.69, 9.17) is 4.74 Å². The van der Waals surface area contributed by atoms with Crippen LogP contribution in [0.3, 0.4) is 0 Å². The Kier molecular flexibility index (Phi) is 7.05.